The van der Waals surface area contributed by atoms with Crippen molar-refractivity contribution in [2.45, 2.75) is 40.8 Å². The van der Waals surface area contributed by atoms with Crippen LogP contribution in [0.25, 0.3) is 0 Å². The van der Waals surface area contributed by atoms with Crippen molar-refractivity contribution in [2.75, 3.05) is 16.5 Å². The van der Waals surface area contributed by atoms with Crippen LogP contribution in [0.1, 0.15) is 33.4 Å². The number of rotatable bonds is 2. The lowest BCUT2D eigenvalue weighted by Gasteiger charge is -2.45. The number of nitrogens with zero attached hydrogens (tertiary/aromatic N) is 4. The van der Waals surface area contributed by atoms with Crippen molar-refractivity contribution in [3.63, 3.8) is 0 Å². The molecule has 0 saturated heterocycles. The van der Waals surface area contributed by atoms with Crippen molar-refractivity contribution < 1.29 is 9.85 Å². The molecule has 8 heteroatoms. The number of hydrogen-bond donors (Lipinski definition) is 0. The average molecular weight is 368 g/mol. The highest BCUT2D eigenvalue weighted by Gasteiger charge is 2.39. The van der Waals surface area contributed by atoms with Crippen LogP contribution in [0.2, 0.25) is 0 Å². The second kappa shape index (κ2) is 5.67. The van der Waals surface area contributed by atoms with E-state index < -0.39 is 0 Å². The van der Waals surface area contributed by atoms with Gasteiger partial charge in [-0.05, 0) is 51.0 Å². The molecule has 2 aliphatic rings. The van der Waals surface area contributed by atoms with Crippen molar-refractivity contribution in [1.29, 1.82) is 0 Å². The maximum atomic E-state index is 11.7. The Balaban J connectivity index is 1.98. The van der Waals surface area contributed by atoms with Crippen LogP contribution in [-0.2, 0) is 13.1 Å². The highest BCUT2D eigenvalue weighted by atomic mass is 16.6. The molecule has 0 atom stereocenters. The largest absolute Gasteiger partial charge is 0.348 e. The van der Waals surface area contributed by atoms with E-state index >= 15 is 0 Å². The van der Waals surface area contributed by atoms with Crippen molar-refractivity contribution in [2.24, 2.45) is 0 Å². The van der Waals surface area contributed by atoms with Crippen LogP contribution in [-0.4, -0.2) is 16.5 Å². The highest BCUT2D eigenvalue weighted by molar-refractivity contribution is 5.79. The third kappa shape index (κ3) is 2.36. The van der Waals surface area contributed by atoms with Gasteiger partial charge in [-0.1, -0.05) is 0 Å². The van der Waals surface area contributed by atoms with Gasteiger partial charge in [-0.15, -0.1) is 0 Å². The molecule has 0 N–H and O–H groups in total. The molecule has 0 spiro atoms. The summed E-state index contributed by atoms with van der Waals surface area (Å²) < 4.78 is 0. The van der Waals surface area contributed by atoms with Crippen LogP contribution in [0, 0.1) is 47.9 Å². The van der Waals surface area contributed by atoms with E-state index in [2.05, 4.69) is 0 Å². The van der Waals surface area contributed by atoms with Crippen LogP contribution in [0.3, 0.4) is 0 Å². The van der Waals surface area contributed by atoms with Crippen LogP contribution >= 0.6 is 0 Å². The molecule has 0 radical (unpaired) electrons. The third-order valence-electron chi connectivity index (χ3n) is 5.54. The van der Waals surface area contributed by atoms with Crippen molar-refractivity contribution in [3.8, 4) is 0 Å². The number of hydrogen-bond acceptors (Lipinski definition) is 6. The number of nitro benzene ring substituents is 2. The molecule has 8 nitrogen and oxygen atoms in total. The highest BCUT2D eigenvalue weighted by Crippen LogP contribution is 2.47. The summed E-state index contributed by atoms with van der Waals surface area (Å²) in [6, 6.07) is 3.66. The first-order chi connectivity index (χ1) is 12.7. The summed E-state index contributed by atoms with van der Waals surface area (Å²) in [5.74, 6) is 0. The molecule has 0 saturated carbocycles. The Hall–Kier alpha value is -3.16. The van der Waals surface area contributed by atoms with E-state index in [9.17, 15) is 20.2 Å². The van der Waals surface area contributed by atoms with Crippen molar-refractivity contribution >= 4 is 22.7 Å². The van der Waals surface area contributed by atoms with Gasteiger partial charge in [-0.2, -0.15) is 0 Å². The Morgan fingerprint density at radius 1 is 0.741 bits per heavy atom. The van der Waals surface area contributed by atoms with Gasteiger partial charge in [-0.3, -0.25) is 20.2 Å². The summed E-state index contributed by atoms with van der Waals surface area (Å²) in [4.78, 5) is 26.8. The number of benzene rings is 2. The van der Waals surface area contributed by atoms with E-state index in [1.165, 1.54) is 0 Å². The molecule has 4 rings (SSSR count). The lowest BCUT2D eigenvalue weighted by atomic mass is 9.92. The van der Waals surface area contributed by atoms with E-state index in [4.69, 9.17) is 0 Å². The Bertz CT molecular complexity index is 950. The lowest BCUT2D eigenvalue weighted by Crippen LogP contribution is -2.47. The molecule has 2 aromatic rings. The minimum atomic E-state index is -0.317. The molecule has 0 unspecified atom stereocenters. The molecule has 0 aliphatic carbocycles. The maximum Gasteiger partial charge on any atom is 0.279 e. The summed E-state index contributed by atoms with van der Waals surface area (Å²) in [6.07, 6.45) is 0. The second-order valence-electron chi connectivity index (χ2n) is 7.42. The van der Waals surface area contributed by atoms with Gasteiger partial charge >= 0.3 is 0 Å². The fourth-order valence-electron chi connectivity index (χ4n) is 4.78. The normalized spacial score (nSPS) is 14.7. The molecular formula is C19H20N4O4. The van der Waals surface area contributed by atoms with E-state index in [-0.39, 0.29) is 21.2 Å². The molecule has 0 aromatic heterocycles. The smallest absolute Gasteiger partial charge is 0.279 e. The van der Waals surface area contributed by atoms with Gasteiger partial charge in [0, 0.05) is 11.1 Å². The number of fused-ring (bicyclic) bond motifs is 6. The first-order valence-electron chi connectivity index (χ1n) is 8.75. The SMILES string of the molecule is Cc1cc(C)c([N+](=O)[O-])c2c1N1Cc3c(c(C)cc(C)c3[N+](=O)[O-])N(C2)C1. The van der Waals surface area contributed by atoms with Crippen LogP contribution in [0.5, 0.6) is 0 Å². The summed E-state index contributed by atoms with van der Waals surface area (Å²) in [5.41, 5.74) is 6.56. The summed E-state index contributed by atoms with van der Waals surface area (Å²) in [5, 5.41) is 23.4. The minimum Gasteiger partial charge on any atom is -0.348 e. The Labute approximate surface area is 156 Å². The van der Waals surface area contributed by atoms with Gasteiger partial charge in [0.15, 0.2) is 0 Å². The van der Waals surface area contributed by atoms with Crippen molar-refractivity contribution in [1.82, 2.24) is 0 Å². The summed E-state index contributed by atoms with van der Waals surface area (Å²) in [7, 11) is 0. The molecule has 0 amide bonds. The van der Waals surface area contributed by atoms with Crippen LogP contribution < -0.4 is 9.80 Å². The number of nitro groups is 2. The topological polar surface area (TPSA) is 92.8 Å². The molecule has 140 valence electrons. The van der Waals surface area contributed by atoms with Crippen LogP contribution in [0.15, 0.2) is 12.1 Å². The quantitative estimate of drug-likeness (QED) is 0.587. The molecular weight excluding hydrogens is 348 g/mol. The van der Waals surface area contributed by atoms with E-state index in [1.54, 1.807) is 13.8 Å². The Kier molecular flexibility index (Phi) is 3.62. The van der Waals surface area contributed by atoms with E-state index in [1.807, 2.05) is 35.8 Å². The monoisotopic (exact) mass is 368 g/mol. The Morgan fingerprint density at radius 3 is 1.44 bits per heavy atom. The van der Waals surface area contributed by atoms with Crippen molar-refractivity contribution in [3.05, 3.63) is 65.7 Å². The maximum absolute atomic E-state index is 11.7. The first-order valence-corrected chi connectivity index (χ1v) is 8.75. The summed E-state index contributed by atoms with van der Waals surface area (Å²) in [6.45, 7) is 8.72. The minimum absolute atomic E-state index is 0.146. The fourth-order valence-corrected chi connectivity index (χ4v) is 4.78. The molecule has 27 heavy (non-hydrogen) atoms. The average Bonchev–Trinajstić information content (AvgIpc) is 2.52. The molecule has 2 heterocycles. The summed E-state index contributed by atoms with van der Waals surface area (Å²) >= 11 is 0. The van der Waals surface area contributed by atoms with Gasteiger partial charge in [0.05, 0.1) is 52.1 Å². The first kappa shape index (κ1) is 17.3. The third-order valence-corrected chi connectivity index (χ3v) is 5.54. The fraction of sp³-hybridized carbons (Fsp3) is 0.368. The standard InChI is InChI=1S/C19H20N4O4/c1-10-5-12(3)18(22(24)25)14-7-21-9-20(16(10)14)8-15-17(21)11(2)6-13(4)19(15)23(26)27/h5-6H,7-9H2,1-4H3. The zero-order valence-corrected chi connectivity index (χ0v) is 15.7. The van der Waals surface area contributed by atoms with E-state index in [0.29, 0.717) is 42.0 Å². The molecule has 2 aliphatic heterocycles. The van der Waals surface area contributed by atoms with Gasteiger partial charge < -0.3 is 9.80 Å². The molecule has 0 fully saturated rings. The van der Waals surface area contributed by atoms with Gasteiger partial charge in [0.1, 0.15) is 0 Å². The predicted octanol–water partition coefficient (Wildman–Crippen LogP) is 4.03. The van der Waals surface area contributed by atoms with E-state index in [0.717, 1.165) is 22.5 Å². The number of aryl methyl sites for hydroxylation is 4. The zero-order chi connectivity index (χ0) is 19.6. The van der Waals surface area contributed by atoms with Gasteiger partial charge in [0.25, 0.3) is 11.4 Å². The molecule has 2 bridgehead atoms. The Morgan fingerprint density at radius 2 is 1.11 bits per heavy atom. The lowest BCUT2D eigenvalue weighted by molar-refractivity contribution is -0.386. The predicted molar refractivity (Wildman–Crippen MR) is 102 cm³/mol. The molecule has 2 aromatic carbocycles. The zero-order valence-electron chi connectivity index (χ0n) is 15.7. The van der Waals surface area contributed by atoms with Gasteiger partial charge in [-0.25, -0.2) is 0 Å². The second-order valence-corrected chi connectivity index (χ2v) is 7.42. The number of anilines is 2. The van der Waals surface area contributed by atoms with Gasteiger partial charge in [0.2, 0.25) is 0 Å². The van der Waals surface area contributed by atoms with Crippen LogP contribution in [0.4, 0.5) is 22.7 Å².